The Hall–Kier alpha value is -8.44. The number of amides is 8. The van der Waals surface area contributed by atoms with Gasteiger partial charge in [0.15, 0.2) is 5.75 Å². The molecule has 0 aliphatic carbocycles. The molecule has 4 atom stereocenters. The van der Waals surface area contributed by atoms with Crippen LogP contribution in [0.1, 0.15) is 70.2 Å². The molecule has 2 saturated heterocycles. The number of primary amides is 1. The van der Waals surface area contributed by atoms with Crippen LogP contribution in [0.15, 0.2) is 60.9 Å². The molecule has 6 heterocycles. The quantitative estimate of drug-likeness (QED) is 0.0370. The number of aromatic nitrogens is 5. The van der Waals surface area contributed by atoms with E-state index in [1.165, 1.54) is 36.7 Å². The van der Waals surface area contributed by atoms with Crippen LogP contribution in [0, 0.1) is 24.6 Å². The van der Waals surface area contributed by atoms with Crippen molar-refractivity contribution in [1.29, 1.82) is 0 Å². The van der Waals surface area contributed by atoms with Crippen molar-refractivity contribution in [3.05, 3.63) is 78.1 Å². The number of ether oxygens (including phenoxy) is 2. The van der Waals surface area contributed by atoms with E-state index in [2.05, 4.69) is 51.4 Å². The van der Waals surface area contributed by atoms with E-state index in [1.54, 1.807) is 57.0 Å². The van der Waals surface area contributed by atoms with Gasteiger partial charge in [0.1, 0.15) is 41.8 Å². The number of nitrogens with one attached hydrogen (secondary N) is 6. The molecule has 396 valence electrons. The van der Waals surface area contributed by atoms with Crippen LogP contribution in [0.2, 0.25) is 0 Å². The molecule has 2 aromatic carbocycles. The van der Waals surface area contributed by atoms with Crippen molar-refractivity contribution in [1.82, 2.24) is 50.7 Å². The van der Waals surface area contributed by atoms with Gasteiger partial charge in [-0.3, -0.25) is 28.9 Å². The van der Waals surface area contributed by atoms with Crippen LogP contribution >= 0.6 is 0 Å². The summed E-state index contributed by atoms with van der Waals surface area (Å²) < 4.78 is 26.9. The molecule has 5 aromatic rings. The maximum Gasteiger partial charge on any atom is 0.410 e. The van der Waals surface area contributed by atoms with Gasteiger partial charge in [-0.1, -0.05) is 32.4 Å². The fourth-order valence-corrected chi connectivity index (χ4v) is 9.55. The van der Waals surface area contributed by atoms with E-state index in [1.807, 2.05) is 0 Å². The highest BCUT2D eigenvalue weighted by molar-refractivity contribution is 6.15. The van der Waals surface area contributed by atoms with Crippen molar-refractivity contribution in [2.75, 3.05) is 55.3 Å². The SMILES string of the molecule is CNc1cc(F)cc2c1[nH]c1nc(Oc3cnc(C)nc3)nc(N3CC4CCN(C(=O)OCc5ccc(NC(=O)[C@H](CCCNC(N)=O)NC(=O)[C@@H](NC(=O)CCCCCN6C(=O)C=CC6=O)C(C)C)cc5)C4C3)c12. The molecule has 2 fully saturated rings. The molecule has 0 bridgehead atoms. The van der Waals surface area contributed by atoms with E-state index < -0.39 is 41.8 Å². The lowest BCUT2D eigenvalue weighted by Crippen LogP contribution is -2.54. The van der Waals surface area contributed by atoms with Crippen LogP contribution in [-0.2, 0) is 35.3 Å². The standard InChI is InChI=1S/C51H61FN14O9/c1-28(2)43(60-39(67)10-6-5-7-19-66-40(68)15-16-41(66)69)48(71)59-36(9-8-18-55-49(53)72)47(70)58-33-13-11-30(12-14-33)27-74-51(73)65-20-17-31-25-64(26-38(31)65)46-42-35-21-32(52)22-37(54-4)44(35)61-45(42)62-50(63-46)75-34-23-56-29(3)57-24-34/h11-16,21-24,28,31,36,38,43,54H,5-10,17-20,25-27H2,1-4H3,(H,58,70)(H,59,71)(H,60,67)(H3,53,55,72)(H,61,62,63)/t31?,36-,38?,43-/m0/s1. The van der Waals surface area contributed by atoms with Gasteiger partial charge in [-0.05, 0) is 74.8 Å². The zero-order chi connectivity index (χ0) is 53.3. The number of nitrogens with two attached hydrogens (primary N) is 1. The summed E-state index contributed by atoms with van der Waals surface area (Å²) in [4.78, 5) is 115. The number of nitrogens with zero attached hydrogens (tertiary/aromatic N) is 7. The first-order valence-corrected chi connectivity index (χ1v) is 25.0. The van der Waals surface area contributed by atoms with Crippen LogP contribution < -0.4 is 42.0 Å². The Balaban J connectivity index is 0.864. The third-order valence-corrected chi connectivity index (χ3v) is 13.4. The largest absolute Gasteiger partial charge is 0.445 e. The molecule has 8 N–H and O–H groups in total. The number of benzene rings is 2. The predicted molar refractivity (Wildman–Crippen MR) is 274 cm³/mol. The fraction of sp³-hybridized carbons (Fsp3) is 0.431. The van der Waals surface area contributed by atoms with Crippen molar-refractivity contribution < 1.29 is 47.4 Å². The Labute approximate surface area is 430 Å². The topological polar surface area (TPSA) is 301 Å². The number of likely N-dealkylation sites (tertiary alicyclic amines) is 1. The molecule has 24 heteroatoms. The van der Waals surface area contributed by atoms with Gasteiger partial charge >= 0.3 is 18.1 Å². The maximum atomic E-state index is 15.0. The Bertz CT molecular complexity index is 2970. The number of imide groups is 1. The van der Waals surface area contributed by atoms with Gasteiger partial charge in [-0.2, -0.15) is 9.97 Å². The minimum absolute atomic E-state index is 0.0367. The molecular weight excluding hydrogens is 972 g/mol. The zero-order valence-electron chi connectivity index (χ0n) is 42.1. The summed E-state index contributed by atoms with van der Waals surface area (Å²) in [5.41, 5.74) is 7.91. The van der Waals surface area contributed by atoms with Crippen LogP contribution in [-0.4, -0.2) is 134 Å². The number of fused-ring (bicyclic) bond motifs is 4. The lowest BCUT2D eigenvalue weighted by Gasteiger charge is -2.25. The third kappa shape index (κ3) is 12.9. The van der Waals surface area contributed by atoms with Gasteiger partial charge < -0.3 is 56.6 Å². The van der Waals surface area contributed by atoms with Crippen LogP contribution in [0.25, 0.3) is 21.9 Å². The van der Waals surface area contributed by atoms with Crippen molar-refractivity contribution in [3.8, 4) is 11.8 Å². The molecule has 75 heavy (non-hydrogen) atoms. The summed E-state index contributed by atoms with van der Waals surface area (Å²) in [6.45, 7) is 7.10. The molecule has 23 nitrogen and oxygen atoms in total. The smallest absolute Gasteiger partial charge is 0.410 e. The second-order valence-corrected chi connectivity index (χ2v) is 19.1. The summed E-state index contributed by atoms with van der Waals surface area (Å²) in [6, 6.07) is 6.61. The summed E-state index contributed by atoms with van der Waals surface area (Å²) in [5, 5.41) is 15.1. The number of aromatic amines is 1. The van der Waals surface area contributed by atoms with E-state index in [0.29, 0.717) is 102 Å². The number of aryl methyl sites for hydroxylation is 1. The van der Waals surface area contributed by atoms with Crippen molar-refractivity contribution in [3.63, 3.8) is 0 Å². The fourth-order valence-electron chi connectivity index (χ4n) is 9.55. The monoisotopic (exact) mass is 1030 g/mol. The van der Waals surface area contributed by atoms with Crippen LogP contribution in [0.4, 0.5) is 31.2 Å². The van der Waals surface area contributed by atoms with E-state index in [0.717, 1.165) is 11.3 Å². The van der Waals surface area contributed by atoms with Gasteiger partial charge in [-0.25, -0.2) is 23.9 Å². The third-order valence-electron chi connectivity index (χ3n) is 13.4. The molecular formula is C51H61FN14O9. The Kier molecular flexibility index (Phi) is 16.6. The second-order valence-electron chi connectivity index (χ2n) is 19.1. The highest BCUT2D eigenvalue weighted by atomic mass is 19.1. The molecule has 2 unspecified atom stereocenters. The number of rotatable bonds is 22. The number of halogens is 1. The van der Waals surface area contributed by atoms with Crippen molar-refractivity contribution in [2.45, 2.75) is 90.4 Å². The zero-order valence-corrected chi connectivity index (χ0v) is 42.1. The summed E-state index contributed by atoms with van der Waals surface area (Å²) in [7, 11) is 1.71. The van der Waals surface area contributed by atoms with E-state index in [4.69, 9.17) is 20.2 Å². The number of hydrogen-bond donors (Lipinski definition) is 7. The van der Waals surface area contributed by atoms with Gasteiger partial charge in [0.25, 0.3) is 11.8 Å². The summed E-state index contributed by atoms with van der Waals surface area (Å²) in [6.07, 6.45) is 7.83. The number of unbranched alkanes of at least 4 members (excludes halogenated alkanes) is 2. The number of H-pyrrole nitrogens is 1. The average Bonchev–Trinajstić information content (AvgIpc) is 4.18. The highest BCUT2D eigenvalue weighted by Gasteiger charge is 2.45. The average molecular weight is 1030 g/mol. The molecule has 0 saturated carbocycles. The van der Waals surface area contributed by atoms with E-state index in [-0.39, 0.29) is 74.1 Å². The molecule has 8 amide bonds. The molecule has 8 rings (SSSR count). The molecule has 3 aliphatic rings. The predicted octanol–water partition coefficient (Wildman–Crippen LogP) is 4.53. The maximum absolute atomic E-state index is 15.0. The van der Waals surface area contributed by atoms with Crippen LogP contribution in [0.3, 0.4) is 0 Å². The van der Waals surface area contributed by atoms with Crippen molar-refractivity contribution >= 4 is 80.8 Å². The van der Waals surface area contributed by atoms with Crippen LogP contribution in [0.5, 0.6) is 11.8 Å². The highest BCUT2D eigenvalue weighted by Crippen LogP contribution is 2.41. The first-order chi connectivity index (χ1) is 36.0. The van der Waals surface area contributed by atoms with Gasteiger partial charge in [0, 0.05) is 75.3 Å². The van der Waals surface area contributed by atoms with E-state index >= 15 is 4.39 Å². The Morgan fingerprint density at radius 2 is 1.68 bits per heavy atom. The van der Waals surface area contributed by atoms with Gasteiger partial charge in [-0.15, -0.1) is 0 Å². The minimum atomic E-state index is -1.06. The normalized spacial score (nSPS) is 16.9. The molecule has 0 radical (unpaired) electrons. The number of carbonyl (C=O) groups is 7. The molecule has 3 aromatic heterocycles. The number of carbonyl (C=O) groups excluding carboxylic acids is 7. The number of urea groups is 1. The number of anilines is 3. The molecule has 3 aliphatic heterocycles. The number of hydrogen-bond acceptors (Lipinski definition) is 15. The lowest BCUT2D eigenvalue weighted by atomic mass is 10.0. The van der Waals surface area contributed by atoms with E-state index in [9.17, 15) is 33.6 Å². The minimum Gasteiger partial charge on any atom is -0.445 e. The van der Waals surface area contributed by atoms with Crippen molar-refractivity contribution in [2.24, 2.45) is 17.6 Å². The second kappa shape index (κ2) is 23.6. The Morgan fingerprint density at radius 3 is 2.39 bits per heavy atom. The molecule has 0 spiro atoms. The first-order valence-electron chi connectivity index (χ1n) is 25.0. The first kappa shape index (κ1) is 52.9. The summed E-state index contributed by atoms with van der Waals surface area (Å²) in [5.74, 6) is -1.46. The lowest BCUT2D eigenvalue weighted by molar-refractivity contribution is -0.137. The Morgan fingerprint density at radius 1 is 0.933 bits per heavy atom. The van der Waals surface area contributed by atoms with Gasteiger partial charge in [0.2, 0.25) is 17.7 Å². The van der Waals surface area contributed by atoms with Gasteiger partial charge in [0.05, 0.1) is 35.0 Å². The summed E-state index contributed by atoms with van der Waals surface area (Å²) >= 11 is 0.